The molecule has 0 saturated heterocycles. The molecule has 0 unspecified atom stereocenters. The molecule has 0 amide bonds. The Morgan fingerprint density at radius 1 is 1.19 bits per heavy atom. The van der Waals surface area contributed by atoms with Gasteiger partial charge in [-0.05, 0) is 24.6 Å². The maximum absolute atomic E-state index is 13.5. The standard InChI is InChI=1S/C12H8F2O2/c1-7-2-3-9(11(14)10(7)13)12(15)8-4-5-16-6-8/h2-6H,1H3. The summed E-state index contributed by atoms with van der Waals surface area (Å²) in [5.74, 6) is -2.70. The van der Waals surface area contributed by atoms with Crippen molar-refractivity contribution in [1.82, 2.24) is 0 Å². The zero-order chi connectivity index (χ0) is 11.7. The molecule has 2 aromatic rings. The first-order valence-electron chi connectivity index (χ1n) is 4.62. The molecule has 0 spiro atoms. The first-order valence-corrected chi connectivity index (χ1v) is 4.62. The fourth-order valence-electron chi connectivity index (χ4n) is 1.37. The van der Waals surface area contributed by atoms with Crippen LogP contribution in [-0.2, 0) is 0 Å². The smallest absolute Gasteiger partial charge is 0.199 e. The Bertz CT molecular complexity index is 530. The van der Waals surface area contributed by atoms with E-state index in [0.717, 1.165) is 0 Å². The van der Waals surface area contributed by atoms with Crippen molar-refractivity contribution in [3.63, 3.8) is 0 Å². The molecule has 0 aliphatic heterocycles. The van der Waals surface area contributed by atoms with Crippen LogP contribution in [0.5, 0.6) is 0 Å². The van der Waals surface area contributed by atoms with Crippen molar-refractivity contribution in [1.29, 1.82) is 0 Å². The summed E-state index contributed by atoms with van der Waals surface area (Å²) in [6, 6.07) is 4.04. The van der Waals surface area contributed by atoms with Gasteiger partial charge in [-0.3, -0.25) is 4.79 Å². The van der Waals surface area contributed by atoms with Gasteiger partial charge in [0.25, 0.3) is 0 Å². The number of carbonyl (C=O) groups is 1. The third kappa shape index (κ3) is 1.62. The van der Waals surface area contributed by atoms with E-state index in [1.165, 1.54) is 37.6 Å². The number of ketones is 1. The van der Waals surface area contributed by atoms with Gasteiger partial charge >= 0.3 is 0 Å². The summed E-state index contributed by atoms with van der Waals surface area (Å²) in [6.07, 6.45) is 2.50. The van der Waals surface area contributed by atoms with E-state index in [0.29, 0.717) is 0 Å². The minimum Gasteiger partial charge on any atom is -0.472 e. The molecule has 4 heteroatoms. The average Bonchev–Trinajstić information content (AvgIpc) is 2.79. The topological polar surface area (TPSA) is 30.2 Å². The molecule has 2 nitrogen and oxygen atoms in total. The van der Waals surface area contributed by atoms with Gasteiger partial charge in [0.15, 0.2) is 17.4 Å². The third-order valence-corrected chi connectivity index (χ3v) is 2.30. The minimum absolute atomic E-state index is 0.168. The van der Waals surface area contributed by atoms with E-state index in [1.54, 1.807) is 0 Å². The molecule has 1 aromatic heterocycles. The van der Waals surface area contributed by atoms with Crippen molar-refractivity contribution in [2.45, 2.75) is 6.92 Å². The molecule has 0 bridgehead atoms. The first kappa shape index (κ1) is 10.5. The molecule has 0 fully saturated rings. The molecule has 82 valence electrons. The quantitative estimate of drug-likeness (QED) is 0.731. The summed E-state index contributed by atoms with van der Waals surface area (Å²) < 4.78 is 31.4. The Kier molecular flexibility index (Phi) is 2.56. The van der Waals surface area contributed by atoms with Crippen molar-refractivity contribution in [2.24, 2.45) is 0 Å². The number of rotatable bonds is 2. The van der Waals surface area contributed by atoms with Gasteiger partial charge in [-0.2, -0.15) is 0 Å². The van der Waals surface area contributed by atoms with E-state index in [9.17, 15) is 13.6 Å². The Morgan fingerprint density at radius 2 is 1.94 bits per heavy atom. The highest BCUT2D eigenvalue weighted by Gasteiger charge is 2.18. The summed E-state index contributed by atoms with van der Waals surface area (Å²) in [4.78, 5) is 11.7. The van der Waals surface area contributed by atoms with E-state index < -0.39 is 17.4 Å². The Balaban J connectivity index is 2.50. The van der Waals surface area contributed by atoms with Crippen molar-refractivity contribution in [2.75, 3.05) is 0 Å². The number of halogens is 2. The van der Waals surface area contributed by atoms with E-state index in [2.05, 4.69) is 0 Å². The summed E-state index contributed by atoms with van der Waals surface area (Å²) in [5.41, 5.74) is 0.0768. The van der Waals surface area contributed by atoms with Crippen LogP contribution < -0.4 is 0 Å². The van der Waals surface area contributed by atoms with Crippen LogP contribution in [0.25, 0.3) is 0 Å². The fraction of sp³-hybridized carbons (Fsp3) is 0.0833. The third-order valence-electron chi connectivity index (χ3n) is 2.30. The lowest BCUT2D eigenvalue weighted by molar-refractivity contribution is 0.103. The predicted molar refractivity (Wildman–Crippen MR) is 53.2 cm³/mol. The Morgan fingerprint density at radius 3 is 2.56 bits per heavy atom. The largest absolute Gasteiger partial charge is 0.472 e. The molecular formula is C12H8F2O2. The summed E-state index contributed by atoms with van der Waals surface area (Å²) in [7, 11) is 0. The van der Waals surface area contributed by atoms with E-state index >= 15 is 0 Å². The van der Waals surface area contributed by atoms with Crippen molar-refractivity contribution >= 4 is 5.78 Å². The molecule has 0 saturated carbocycles. The monoisotopic (exact) mass is 222 g/mol. The van der Waals surface area contributed by atoms with Gasteiger partial charge in [0.1, 0.15) is 6.26 Å². The fourth-order valence-corrected chi connectivity index (χ4v) is 1.37. The second kappa shape index (κ2) is 3.89. The van der Waals surface area contributed by atoms with Crippen molar-refractivity contribution < 1.29 is 18.0 Å². The molecule has 0 aliphatic carbocycles. The van der Waals surface area contributed by atoms with E-state index in [4.69, 9.17) is 4.42 Å². The van der Waals surface area contributed by atoms with Gasteiger partial charge < -0.3 is 4.42 Å². The van der Waals surface area contributed by atoms with E-state index in [-0.39, 0.29) is 16.7 Å². The predicted octanol–water partition coefficient (Wildman–Crippen LogP) is 3.10. The highest BCUT2D eigenvalue weighted by molar-refractivity contribution is 6.08. The number of hydrogen-bond acceptors (Lipinski definition) is 2. The second-order valence-electron chi connectivity index (χ2n) is 3.40. The van der Waals surface area contributed by atoms with Crippen LogP contribution in [0.4, 0.5) is 8.78 Å². The highest BCUT2D eigenvalue weighted by Crippen LogP contribution is 2.19. The zero-order valence-corrected chi connectivity index (χ0v) is 8.46. The van der Waals surface area contributed by atoms with Crippen LogP contribution in [0.3, 0.4) is 0 Å². The number of carbonyl (C=O) groups excluding carboxylic acids is 1. The SMILES string of the molecule is Cc1ccc(C(=O)c2ccoc2)c(F)c1F. The average molecular weight is 222 g/mol. The van der Waals surface area contributed by atoms with Gasteiger partial charge in [0, 0.05) is 0 Å². The lowest BCUT2D eigenvalue weighted by atomic mass is 10.0. The molecule has 0 radical (unpaired) electrons. The van der Waals surface area contributed by atoms with Crippen LogP contribution in [0, 0.1) is 18.6 Å². The minimum atomic E-state index is -1.12. The molecular weight excluding hydrogens is 214 g/mol. The maximum Gasteiger partial charge on any atom is 0.199 e. The molecule has 0 aliphatic rings. The normalized spacial score (nSPS) is 10.4. The lowest BCUT2D eigenvalue weighted by Gasteiger charge is -2.03. The summed E-state index contributed by atoms with van der Waals surface area (Å²) >= 11 is 0. The van der Waals surface area contributed by atoms with Crippen LogP contribution in [0.2, 0.25) is 0 Å². The van der Waals surface area contributed by atoms with Gasteiger partial charge in [-0.25, -0.2) is 8.78 Å². The summed E-state index contributed by atoms with van der Waals surface area (Å²) in [6.45, 7) is 1.44. The molecule has 0 atom stereocenters. The summed E-state index contributed by atoms with van der Waals surface area (Å²) in [5, 5.41) is 0. The highest BCUT2D eigenvalue weighted by atomic mass is 19.2. The van der Waals surface area contributed by atoms with Gasteiger partial charge in [0.2, 0.25) is 0 Å². The molecule has 1 heterocycles. The zero-order valence-electron chi connectivity index (χ0n) is 8.46. The number of hydrogen-bond donors (Lipinski definition) is 0. The Labute approximate surface area is 90.5 Å². The van der Waals surface area contributed by atoms with Crippen molar-refractivity contribution in [3.8, 4) is 0 Å². The molecule has 16 heavy (non-hydrogen) atoms. The van der Waals surface area contributed by atoms with Crippen LogP contribution >= 0.6 is 0 Å². The van der Waals surface area contributed by atoms with Gasteiger partial charge in [-0.15, -0.1) is 0 Å². The van der Waals surface area contributed by atoms with Crippen LogP contribution in [0.1, 0.15) is 21.5 Å². The maximum atomic E-state index is 13.5. The van der Waals surface area contributed by atoms with Gasteiger partial charge in [-0.1, -0.05) is 6.07 Å². The Hall–Kier alpha value is -1.97. The molecule has 0 N–H and O–H groups in total. The van der Waals surface area contributed by atoms with Gasteiger partial charge in [0.05, 0.1) is 17.4 Å². The lowest BCUT2D eigenvalue weighted by Crippen LogP contribution is -2.05. The number of benzene rings is 1. The number of furan rings is 1. The van der Waals surface area contributed by atoms with E-state index in [1.807, 2.05) is 0 Å². The van der Waals surface area contributed by atoms with Crippen LogP contribution in [0.15, 0.2) is 35.1 Å². The van der Waals surface area contributed by atoms with Crippen LogP contribution in [-0.4, -0.2) is 5.78 Å². The first-order chi connectivity index (χ1) is 7.61. The second-order valence-corrected chi connectivity index (χ2v) is 3.40. The number of aryl methyl sites for hydroxylation is 1. The van der Waals surface area contributed by atoms with Crippen molar-refractivity contribution in [3.05, 3.63) is 59.1 Å². The molecule has 1 aromatic carbocycles. The molecule has 2 rings (SSSR count).